The van der Waals surface area contributed by atoms with Crippen LogP contribution in [0.2, 0.25) is 0 Å². The summed E-state index contributed by atoms with van der Waals surface area (Å²) < 4.78 is 14.5. The Morgan fingerprint density at radius 1 is 1.32 bits per heavy atom. The Morgan fingerprint density at radius 2 is 2.09 bits per heavy atom. The molecule has 1 N–H and O–H groups in total. The van der Waals surface area contributed by atoms with Gasteiger partial charge in [-0.15, -0.1) is 11.3 Å². The Morgan fingerprint density at radius 3 is 2.77 bits per heavy atom. The van der Waals surface area contributed by atoms with E-state index < -0.39 is 0 Å². The molecule has 0 aliphatic heterocycles. The molecule has 0 bridgehead atoms. The van der Waals surface area contributed by atoms with E-state index >= 15 is 0 Å². The van der Waals surface area contributed by atoms with Gasteiger partial charge in [0.25, 0.3) is 0 Å². The lowest BCUT2D eigenvalue weighted by Gasteiger charge is -2.15. The molecular formula is C16H18BrFN2OS. The Labute approximate surface area is 142 Å². The van der Waals surface area contributed by atoms with Crippen molar-refractivity contribution in [3.8, 4) is 0 Å². The average Bonchev–Trinajstić information content (AvgIpc) is 2.86. The fraction of sp³-hybridized carbons (Fsp3) is 0.312. The van der Waals surface area contributed by atoms with Gasteiger partial charge < -0.3 is 5.32 Å². The second-order valence-corrected chi connectivity index (χ2v) is 7.62. The Kier molecular flexibility index (Phi) is 6.54. The van der Waals surface area contributed by atoms with E-state index in [2.05, 4.69) is 21.2 Å². The van der Waals surface area contributed by atoms with Crippen molar-refractivity contribution in [1.29, 1.82) is 0 Å². The minimum Gasteiger partial charge on any atom is -0.355 e. The minimum atomic E-state index is -0.225. The Balaban J connectivity index is 1.70. The van der Waals surface area contributed by atoms with E-state index in [0.717, 1.165) is 10.3 Å². The van der Waals surface area contributed by atoms with Gasteiger partial charge in [-0.25, -0.2) is 4.39 Å². The average molecular weight is 385 g/mol. The number of nitrogens with one attached hydrogen (secondary N) is 1. The largest absolute Gasteiger partial charge is 0.355 e. The number of nitrogens with zero attached hydrogens (tertiary/aromatic N) is 1. The lowest BCUT2D eigenvalue weighted by atomic mass is 10.1. The summed E-state index contributed by atoms with van der Waals surface area (Å²) in [5.41, 5.74) is 0.625. The molecule has 0 aliphatic carbocycles. The van der Waals surface area contributed by atoms with Crippen LogP contribution in [-0.2, 0) is 17.8 Å². The summed E-state index contributed by atoms with van der Waals surface area (Å²) >= 11 is 5.09. The molecule has 0 fully saturated rings. The van der Waals surface area contributed by atoms with Crippen molar-refractivity contribution in [2.75, 3.05) is 20.1 Å². The number of benzene rings is 1. The fourth-order valence-electron chi connectivity index (χ4n) is 2.10. The molecule has 0 radical (unpaired) electrons. The van der Waals surface area contributed by atoms with Gasteiger partial charge in [0.15, 0.2) is 0 Å². The van der Waals surface area contributed by atoms with Gasteiger partial charge in [-0.1, -0.05) is 18.2 Å². The number of amides is 1. The van der Waals surface area contributed by atoms with Gasteiger partial charge in [0.05, 0.1) is 10.3 Å². The summed E-state index contributed by atoms with van der Waals surface area (Å²) in [6.07, 6.45) is 0.500. The molecule has 1 heterocycles. The van der Waals surface area contributed by atoms with Crippen LogP contribution in [0.3, 0.4) is 0 Å². The zero-order valence-electron chi connectivity index (χ0n) is 12.3. The molecule has 0 saturated heterocycles. The van der Waals surface area contributed by atoms with Crippen LogP contribution in [0.4, 0.5) is 4.39 Å². The summed E-state index contributed by atoms with van der Waals surface area (Å²) in [5, 5.41) is 2.83. The molecule has 0 unspecified atom stereocenters. The Hall–Kier alpha value is -1.24. The highest BCUT2D eigenvalue weighted by atomic mass is 79.9. The van der Waals surface area contributed by atoms with Gasteiger partial charge >= 0.3 is 0 Å². The minimum absolute atomic E-state index is 0.0468. The topological polar surface area (TPSA) is 32.3 Å². The van der Waals surface area contributed by atoms with Crippen LogP contribution < -0.4 is 5.32 Å². The third-order valence-corrected chi connectivity index (χ3v) is 4.75. The highest BCUT2D eigenvalue weighted by Gasteiger charge is 2.08. The number of carbonyl (C=O) groups excluding carboxylic acids is 1. The number of carbonyl (C=O) groups is 1. The van der Waals surface area contributed by atoms with E-state index in [0.29, 0.717) is 25.1 Å². The molecular weight excluding hydrogens is 367 g/mol. The van der Waals surface area contributed by atoms with Gasteiger partial charge in [-0.2, -0.15) is 0 Å². The molecule has 0 spiro atoms. The van der Waals surface area contributed by atoms with Gasteiger partial charge in [0, 0.05) is 18.0 Å². The van der Waals surface area contributed by atoms with Gasteiger partial charge in [-0.05, 0) is 53.2 Å². The van der Waals surface area contributed by atoms with Crippen LogP contribution >= 0.6 is 27.3 Å². The Bertz CT molecular complexity index is 632. The van der Waals surface area contributed by atoms with Crippen LogP contribution in [0, 0.1) is 5.82 Å². The zero-order valence-corrected chi connectivity index (χ0v) is 14.7. The quantitative estimate of drug-likeness (QED) is 0.792. The first kappa shape index (κ1) is 17.1. The van der Waals surface area contributed by atoms with Crippen molar-refractivity contribution in [2.45, 2.75) is 13.0 Å². The van der Waals surface area contributed by atoms with E-state index in [1.54, 1.807) is 29.5 Å². The van der Waals surface area contributed by atoms with Crippen molar-refractivity contribution in [2.24, 2.45) is 0 Å². The van der Waals surface area contributed by atoms with Gasteiger partial charge in [-0.3, -0.25) is 9.69 Å². The molecule has 118 valence electrons. The fourth-order valence-corrected chi connectivity index (χ4v) is 3.66. The van der Waals surface area contributed by atoms with Crippen molar-refractivity contribution in [3.05, 3.63) is 56.4 Å². The van der Waals surface area contributed by atoms with Crippen LogP contribution in [0.15, 0.2) is 40.2 Å². The molecule has 0 aliphatic rings. The molecule has 2 rings (SSSR count). The zero-order chi connectivity index (χ0) is 15.9. The first-order chi connectivity index (χ1) is 10.5. The number of halogens is 2. The molecule has 22 heavy (non-hydrogen) atoms. The SMILES string of the molecule is CN(CC(=O)NCCc1ccccc1F)Cc1ccc(Br)s1. The number of likely N-dealkylation sites (N-methyl/N-ethyl adjacent to an activating group) is 1. The summed E-state index contributed by atoms with van der Waals surface area (Å²) in [4.78, 5) is 15.0. The van der Waals surface area contributed by atoms with E-state index in [4.69, 9.17) is 0 Å². The molecule has 3 nitrogen and oxygen atoms in total. The van der Waals surface area contributed by atoms with Gasteiger partial charge in [0.1, 0.15) is 5.82 Å². The number of hydrogen-bond acceptors (Lipinski definition) is 3. The summed E-state index contributed by atoms with van der Waals surface area (Å²) in [7, 11) is 1.91. The predicted octanol–water partition coefficient (Wildman–Crippen LogP) is 3.44. The van der Waals surface area contributed by atoms with Crippen molar-refractivity contribution < 1.29 is 9.18 Å². The molecule has 0 atom stereocenters. The lowest BCUT2D eigenvalue weighted by Crippen LogP contribution is -2.35. The maximum atomic E-state index is 13.4. The molecule has 0 saturated carbocycles. The van der Waals surface area contributed by atoms with Crippen molar-refractivity contribution in [1.82, 2.24) is 10.2 Å². The van der Waals surface area contributed by atoms with Crippen LogP contribution in [0.25, 0.3) is 0 Å². The van der Waals surface area contributed by atoms with E-state index in [1.165, 1.54) is 10.9 Å². The maximum Gasteiger partial charge on any atom is 0.234 e. The van der Waals surface area contributed by atoms with E-state index in [1.807, 2.05) is 24.1 Å². The second kappa shape index (κ2) is 8.41. The normalized spacial score (nSPS) is 10.9. The summed E-state index contributed by atoms with van der Waals surface area (Å²) in [5.74, 6) is -0.272. The number of thiophene rings is 1. The first-order valence-electron chi connectivity index (χ1n) is 6.97. The molecule has 1 aromatic carbocycles. The summed E-state index contributed by atoms with van der Waals surface area (Å²) in [6, 6.07) is 10.7. The van der Waals surface area contributed by atoms with E-state index in [-0.39, 0.29) is 11.7 Å². The highest BCUT2D eigenvalue weighted by Crippen LogP contribution is 2.22. The third-order valence-electron chi connectivity index (χ3n) is 3.14. The van der Waals surface area contributed by atoms with Crippen molar-refractivity contribution in [3.63, 3.8) is 0 Å². The molecule has 1 aromatic heterocycles. The van der Waals surface area contributed by atoms with Crippen LogP contribution in [0.5, 0.6) is 0 Å². The highest BCUT2D eigenvalue weighted by molar-refractivity contribution is 9.11. The van der Waals surface area contributed by atoms with Crippen LogP contribution in [-0.4, -0.2) is 30.9 Å². The van der Waals surface area contributed by atoms with E-state index in [9.17, 15) is 9.18 Å². The molecule has 6 heteroatoms. The number of hydrogen-bond donors (Lipinski definition) is 1. The molecule has 2 aromatic rings. The lowest BCUT2D eigenvalue weighted by molar-refractivity contribution is -0.122. The number of rotatable bonds is 7. The maximum absolute atomic E-state index is 13.4. The van der Waals surface area contributed by atoms with Crippen molar-refractivity contribution >= 4 is 33.2 Å². The summed E-state index contributed by atoms with van der Waals surface area (Å²) in [6.45, 7) is 1.50. The third kappa shape index (κ3) is 5.51. The predicted molar refractivity (Wildman–Crippen MR) is 91.5 cm³/mol. The van der Waals surface area contributed by atoms with Gasteiger partial charge in [0.2, 0.25) is 5.91 Å². The van der Waals surface area contributed by atoms with Crippen LogP contribution in [0.1, 0.15) is 10.4 Å². The second-order valence-electron chi connectivity index (χ2n) is 5.07. The monoisotopic (exact) mass is 384 g/mol. The smallest absolute Gasteiger partial charge is 0.234 e. The molecule has 1 amide bonds. The first-order valence-corrected chi connectivity index (χ1v) is 8.58. The standard InChI is InChI=1S/C16H18BrFN2OS/c1-20(10-13-6-7-15(17)22-13)11-16(21)19-9-8-12-4-2-3-5-14(12)18/h2-7H,8-11H2,1H3,(H,19,21).